The zero-order valence-electron chi connectivity index (χ0n) is 18.4. The fraction of sp³-hybridized carbons (Fsp3) is 0.680. The quantitative estimate of drug-likeness (QED) is 0.690. The fourth-order valence-corrected chi connectivity index (χ4v) is 7.84. The van der Waals surface area contributed by atoms with Gasteiger partial charge in [0.15, 0.2) is 0 Å². The van der Waals surface area contributed by atoms with Crippen LogP contribution in [0.1, 0.15) is 58.3 Å². The lowest BCUT2D eigenvalue weighted by molar-refractivity contribution is -0.130. The minimum atomic E-state index is 0.117. The molecule has 5 nitrogen and oxygen atoms in total. The second-order valence-electron chi connectivity index (χ2n) is 11.0. The highest BCUT2D eigenvalue weighted by atomic mass is 35.5. The molecule has 1 aromatic carbocycles. The third kappa shape index (κ3) is 3.53. The van der Waals surface area contributed by atoms with Crippen molar-refractivity contribution >= 4 is 34.5 Å². The first-order chi connectivity index (χ1) is 15.0. The first kappa shape index (κ1) is 19.9. The van der Waals surface area contributed by atoms with E-state index in [2.05, 4.69) is 22.1 Å². The van der Waals surface area contributed by atoms with Crippen LogP contribution in [-0.4, -0.2) is 35.0 Å². The van der Waals surface area contributed by atoms with Gasteiger partial charge >= 0.3 is 0 Å². The number of rotatable bonds is 4. The summed E-state index contributed by atoms with van der Waals surface area (Å²) in [5.41, 5.74) is 2.27. The lowest BCUT2D eigenvalue weighted by Crippen LogP contribution is -2.56. The van der Waals surface area contributed by atoms with E-state index in [1.165, 1.54) is 38.5 Å². The molecule has 1 aliphatic heterocycles. The van der Waals surface area contributed by atoms with Gasteiger partial charge in [0, 0.05) is 30.1 Å². The summed E-state index contributed by atoms with van der Waals surface area (Å²) in [4.78, 5) is 23.5. The Morgan fingerprint density at radius 1 is 1.16 bits per heavy atom. The Hall–Kier alpha value is -1.75. The van der Waals surface area contributed by atoms with Gasteiger partial charge < -0.3 is 15.2 Å². The van der Waals surface area contributed by atoms with Crippen LogP contribution >= 0.6 is 11.6 Å². The molecule has 2 aromatic rings. The third-order valence-electron chi connectivity index (χ3n) is 8.96. The summed E-state index contributed by atoms with van der Waals surface area (Å²) in [6.07, 6.45) is 10.2. The van der Waals surface area contributed by atoms with Crippen LogP contribution in [0.3, 0.4) is 0 Å². The number of nitrogens with one attached hydrogen (secondary N) is 2. The van der Waals surface area contributed by atoms with Crippen molar-refractivity contribution < 1.29 is 4.79 Å². The number of aromatic amines is 1. The van der Waals surface area contributed by atoms with Crippen LogP contribution in [0.2, 0.25) is 5.02 Å². The highest BCUT2D eigenvalue weighted by Gasteiger charge is 2.53. The van der Waals surface area contributed by atoms with Gasteiger partial charge in [-0.05, 0) is 99.7 Å². The number of amides is 1. The molecular weight excluding hydrogens is 408 g/mol. The summed E-state index contributed by atoms with van der Waals surface area (Å²) in [7, 11) is 0. The van der Waals surface area contributed by atoms with Crippen LogP contribution < -0.4 is 10.2 Å². The number of carbonyl (C=O) groups excluding carboxylic acids is 1. The van der Waals surface area contributed by atoms with Crippen molar-refractivity contribution in [1.82, 2.24) is 15.3 Å². The standard InChI is InChI=1S/C25H33ClN4O/c1-15(25-12-16-8-17(13-25)10-18(9-16)14-25)27-23(31)19-4-6-30(7-5-19)24-28-21-3-2-20(26)11-22(21)29-24/h2-3,11,15-19H,4-10,12-14H2,1H3,(H,27,31)(H,28,29)/t15-,16?,17?,18?,25?/m1/s1. The molecule has 4 bridgehead atoms. The lowest BCUT2D eigenvalue weighted by Gasteiger charge is -2.59. The number of aromatic nitrogens is 2. The number of fused-ring (bicyclic) bond motifs is 1. The van der Waals surface area contributed by atoms with Gasteiger partial charge in [0.2, 0.25) is 11.9 Å². The van der Waals surface area contributed by atoms with Crippen molar-refractivity contribution in [1.29, 1.82) is 0 Å². The van der Waals surface area contributed by atoms with Crippen LogP contribution in [0.25, 0.3) is 11.0 Å². The molecule has 4 aliphatic carbocycles. The van der Waals surface area contributed by atoms with Gasteiger partial charge in [-0.15, -0.1) is 0 Å². The Bertz CT molecular complexity index is 957. The predicted molar refractivity (Wildman–Crippen MR) is 124 cm³/mol. The largest absolute Gasteiger partial charge is 0.353 e. The average molecular weight is 441 g/mol. The SMILES string of the molecule is C[C@@H](NC(=O)C1CCN(c2nc3ccc(Cl)cc3[nH]2)CC1)C12CC3CC(CC(C3)C1)C2. The Labute approximate surface area is 189 Å². The molecule has 0 radical (unpaired) electrons. The van der Waals surface area contributed by atoms with Crippen LogP contribution in [0.15, 0.2) is 18.2 Å². The van der Waals surface area contributed by atoms with E-state index in [9.17, 15) is 4.79 Å². The Morgan fingerprint density at radius 3 is 2.45 bits per heavy atom. The van der Waals surface area contributed by atoms with Gasteiger partial charge in [0.25, 0.3) is 0 Å². The summed E-state index contributed by atoms with van der Waals surface area (Å²) in [6.45, 7) is 4.01. The highest BCUT2D eigenvalue weighted by Crippen LogP contribution is 2.61. The molecule has 4 saturated carbocycles. The molecule has 0 spiro atoms. The average Bonchev–Trinajstić information content (AvgIpc) is 3.16. The number of nitrogens with zero attached hydrogens (tertiary/aromatic N) is 2. The molecule has 1 saturated heterocycles. The molecule has 1 amide bonds. The van der Waals surface area contributed by atoms with Gasteiger partial charge in [0.05, 0.1) is 11.0 Å². The van der Waals surface area contributed by atoms with Crippen molar-refractivity contribution in [3.8, 4) is 0 Å². The number of piperidine rings is 1. The molecule has 5 fully saturated rings. The zero-order chi connectivity index (χ0) is 21.2. The number of hydrogen-bond donors (Lipinski definition) is 2. The van der Waals surface area contributed by atoms with Gasteiger partial charge in [-0.3, -0.25) is 4.79 Å². The molecule has 2 N–H and O–H groups in total. The van der Waals surface area contributed by atoms with E-state index in [0.717, 1.165) is 60.7 Å². The van der Waals surface area contributed by atoms with Gasteiger partial charge in [-0.1, -0.05) is 11.6 Å². The van der Waals surface area contributed by atoms with Gasteiger partial charge in [-0.25, -0.2) is 4.98 Å². The minimum Gasteiger partial charge on any atom is -0.353 e. The lowest BCUT2D eigenvalue weighted by atomic mass is 9.48. The number of benzene rings is 1. The van der Waals surface area contributed by atoms with E-state index in [-0.39, 0.29) is 11.8 Å². The summed E-state index contributed by atoms with van der Waals surface area (Å²) in [6, 6.07) is 6.05. The van der Waals surface area contributed by atoms with Crippen LogP contribution in [0.4, 0.5) is 5.95 Å². The van der Waals surface area contributed by atoms with Crippen molar-refractivity contribution in [2.24, 2.45) is 29.1 Å². The second-order valence-corrected chi connectivity index (χ2v) is 11.4. The van der Waals surface area contributed by atoms with Gasteiger partial charge in [0.1, 0.15) is 0 Å². The maximum atomic E-state index is 13.2. The maximum Gasteiger partial charge on any atom is 0.223 e. The fourth-order valence-electron chi connectivity index (χ4n) is 7.66. The Kier molecular flexibility index (Phi) is 4.75. The number of H-pyrrole nitrogens is 1. The van der Waals surface area contributed by atoms with Gasteiger partial charge in [-0.2, -0.15) is 0 Å². The summed E-state index contributed by atoms with van der Waals surface area (Å²) < 4.78 is 0. The number of halogens is 1. The van der Waals surface area contributed by atoms with E-state index in [1.54, 1.807) is 0 Å². The maximum absolute atomic E-state index is 13.2. The molecule has 6 heteroatoms. The van der Waals surface area contributed by atoms with E-state index >= 15 is 0 Å². The number of anilines is 1. The molecule has 166 valence electrons. The van der Waals surface area contributed by atoms with Crippen molar-refractivity contribution in [2.75, 3.05) is 18.0 Å². The molecule has 1 atom stereocenters. The Morgan fingerprint density at radius 2 is 1.81 bits per heavy atom. The van der Waals surface area contributed by atoms with Crippen LogP contribution in [0, 0.1) is 29.1 Å². The van der Waals surface area contributed by atoms with E-state index in [1.807, 2.05) is 18.2 Å². The number of imidazole rings is 1. The topological polar surface area (TPSA) is 61.0 Å². The molecule has 2 heterocycles. The number of carbonyl (C=O) groups is 1. The first-order valence-corrected chi connectivity index (χ1v) is 12.6. The van der Waals surface area contributed by atoms with Crippen LogP contribution in [-0.2, 0) is 4.79 Å². The highest BCUT2D eigenvalue weighted by molar-refractivity contribution is 6.31. The monoisotopic (exact) mass is 440 g/mol. The predicted octanol–water partition coefficient (Wildman–Crippen LogP) is 5.15. The number of hydrogen-bond acceptors (Lipinski definition) is 3. The summed E-state index contributed by atoms with van der Waals surface area (Å²) >= 11 is 6.10. The van der Waals surface area contributed by atoms with E-state index in [0.29, 0.717) is 16.5 Å². The van der Waals surface area contributed by atoms with Crippen molar-refractivity contribution in [3.05, 3.63) is 23.2 Å². The molecule has 31 heavy (non-hydrogen) atoms. The molecule has 0 unspecified atom stereocenters. The van der Waals surface area contributed by atoms with E-state index < -0.39 is 0 Å². The summed E-state index contributed by atoms with van der Waals surface area (Å²) in [5.74, 6) is 4.05. The second kappa shape index (κ2) is 7.40. The van der Waals surface area contributed by atoms with Crippen molar-refractivity contribution in [3.63, 3.8) is 0 Å². The van der Waals surface area contributed by atoms with E-state index in [4.69, 9.17) is 16.6 Å². The molecule has 7 rings (SSSR count). The third-order valence-corrected chi connectivity index (χ3v) is 9.19. The minimum absolute atomic E-state index is 0.117. The van der Waals surface area contributed by atoms with Crippen molar-refractivity contribution in [2.45, 2.75) is 64.3 Å². The summed E-state index contributed by atoms with van der Waals surface area (Å²) in [5, 5.41) is 4.21. The van der Waals surface area contributed by atoms with Crippen LogP contribution in [0.5, 0.6) is 0 Å². The molecule has 5 aliphatic rings. The zero-order valence-corrected chi connectivity index (χ0v) is 19.1. The smallest absolute Gasteiger partial charge is 0.223 e. The molecule has 1 aromatic heterocycles. The molecular formula is C25H33ClN4O. The normalized spacial score (nSPS) is 33.7. The first-order valence-electron chi connectivity index (χ1n) is 12.2. The Balaban J connectivity index is 1.07.